The van der Waals surface area contributed by atoms with Crippen LogP contribution in [-0.4, -0.2) is 37.1 Å². The molecule has 1 aromatic heterocycles. The van der Waals surface area contributed by atoms with Crippen LogP contribution in [0, 0.1) is 5.41 Å². The fourth-order valence-corrected chi connectivity index (χ4v) is 4.06. The van der Waals surface area contributed by atoms with Gasteiger partial charge in [-0.05, 0) is 35.0 Å². The maximum absolute atomic E-state index is 12.5. The Hall–Kier alpha value is -4.26. The molecule has 4 aromatic rings. The number of carbonyl (C=O) groups is 2. The van der Waals surface area contributed by atoms with Gasteiger partial charge in [-0.25, -0.2) is 18.0 Å². The first-order chi connectivity index (χ1) is 18.0. The number of amides is 1. The Bertz CT molecular complexity index is 1560. The lowest BCUT2D eigenvalue weighted by molar-refractivity contribution is 0.0740. The first kappa shape index (κ1) is 28.3. The number of benzene rings is 3. The monoisotopic (exact) mass is 554 g/mol. The molecule has 1 heterocycles. The standard InChI is InChI=1S/C25H21N3O4S.CH4O3S/c26-23(27)21-8-4-3-7-18(21)15-31-25(30)28-14-20-11-12-22(33-20)24(29)32-19-10-9-16-5-1-2-6-17(16)13-19;1-5(2,3)4/h1-13H,14-15H2,(H3,26,27)(H,28,30);1H3,(H,2,3,4)/p-1. The van der Waals surface area contributed by atoms with Crippen molar-refractivity contribution in [3.05, 3.63) is 99.7 Å². The first-order valence-electron chi connectivity index (χ1n) is 11.0. The van der Waals surface area contributed by atoms with Crippen molar-refractivity contribution >= 4 is 50.1 Å². The number of thiophene rings is 1. The summed E-state index contributed by atoms with van der Waals surface area (Å²) in [7, 11) is -3.92. The quantitative estimate of drug-likeness (QED) is 0.101. The molecule has 12 heteroatoms. The van der Waals surface area contributed by atoms with Gasteiger partial charge in [0.1, 0.15) is 23.1 Å². The van der Waals surface area contributed by atoms with E-state index in [9.17, 15) is 9.59 Å². The minimum Gasteiger partial charge on any atom is -0.748 e. The molecule has 198 valence electrons. The fraction of sp³-hybridized carbons (Fsp3) is 0.115. The van der Waals surface area contributed by atoms with Crippen LogP contribution in [0.4, 0.5) is 4.79 Å². The smallest absolute Gasteiger partial charge is 0.407 e. The van der Waals surface area contributed by atoms with Crippen LogP contribution in [0.25, 0.3) is 10.8 Å². The number of alkyl carbamates (subject to hydrolysis) is 1. The number of hydrogen-bond donors (Lipinski definition) is 3. The number of esters is 1. The molecule has 0 unspecified atom stereocenters. The molecule has 0 saturated heterocycles. The van der Waals surface area contributed by atoms with Crippen molar-refractivity contribution in [2.45, 2.75) is 13.2 Å². The van der Waals surface area contributed by atoms with Gasteiger partial charge in [-0.15, -0.1) is 11.3 Å². The van der Waals surface area contributed by atoms with Crippen LogP contribution in [-0.2, 0) is 28.0 Å². The van der Waals surface area contributed by atoms with Crippen molar-refractivity contribution in [2.24, 2.45) is 5.73 Å². The number of fused-ring (bicyclic) bond motifs is 1. The van der Waals surface area contributed by atoms with E-state index in [1.54, 1.807) is 42.5 Å². The van der Waals surface area contributed by atoms with E-state index < -0.39 is 22.2 Å². The minimum atomic E-state index is -3.92. The minimum absolute atomic E-state index is 0.00460. The zero-order valence-corrected chi connectivity index (χ0v) is 21.8. The largest absolute Gasteiger partial charge is 0.748 e. The molecule has 0 aliphatic rings. The van der Waals surface area contributed by atoms with Crippen LogP contribution < -0.4 is 15.8 Å². The average molecular weight is 555 g/mol. The Morgan fingerprint density at radius 1 is 1.00 bits per heavy atom. The number of rotatable bonds is 7. The van der Waals surface area contributed by atoms with Crippen molar-refractivity contribution in [3.8, 4) is 5.75 Å². The number of hydrogen-bond acceptors (Lipinski definition) is 9. The Labute approximate surface area is 223 Å². The van der Waals surface area contributed by atoms with Gasteiger partial charge in [0.25, 0.3) is 0 Å². The summed E-state index contributed by atoms with van der Waals surface area (Å²) in [5.41, 5.74) is 6.72. The third kappa shape index (κ3) is 9.00. The van der Waals surface area contributed by atoms with Crippen LogP contribution in [0.3, 0.4) is 0 Å². The summed E-state index contributed by atoms with van der Waals surface area (Å²) in [4.78, 5) is 25.8. The topological polar surface area (TPSA) is 172 Å². The number of nitrogens with one attached hydrogen (secondary N) is 2. The van der Waals surface area contributed by atoms with E-state index in [1.807, 2.05) is 36.4 Å². The van der Waals surface area contributed by atoms with E-state index in [4.69, 9.17) is 33.6 Å². The second-order valence-corrected chi connectivity index (χ2v) is 10.4. The van der Waals surface area contributed by atoms with Gasteiger partial charge < -0.3 is 25.1 Å². The summed E-state index contributed by atoms with van der Waals surface area (Å²) in [5, 5.41) is 12.3. The lowest BCUT2D eigenvalue weighted by atomic mass is 10.1. The van der Waals surface area contributed by atoms with Crippen molar-refractivity contribution in [3.63, 3.8) is 0 Å². The van der Waals surface area contributed by atoms with Crippen LogP contribution in [0.1, 0.15) is 25.7 Å². The lowest BCUT2D eigenvalue weighted by Crippen LogP contribution is -2.24. The third-order valence-corrected chi connectivity index (χ3v) is 5.93. The molecular formula is C26H24N3O7S2-. The molecule has 4 N–H and O–H groups in total. The molecular weight excluding hydrogens is 530 g/mol. The summed E-state index contributed by atoms with van der Waals surface area (Å²) in [6.45, 7) is 0.205. The van der Waals surface area contributed by atoms with Crippen molar-refractivity contribution in [2.75, 3.05) is 6.26 Å². The van der Waals surface area contributed by atoms with Crippen LogP contribution in [0.5, 0.6) is 5.75 Å². The zero-order valence-electron chi connectivity index (χ0n) is 20.2. The first-order valence-corrected chi connectivity index (χ1v) is 13.7. The van der Waals surface area contributed by atoms with Gasteiger partial charge >= 0.3 is 12.1 Å². The van der Waals surface area contributed by atoms with E-state index in [0.717, 1.165) is 15.6 Å². The number of carbonyl (C=O) groups excluding carboxylic acids is 2. The molecule has 0 fully saturated rings. The van der Waals surface area contributed by atoms with Crippen molar-refractivity contribution in [1.82, 2.24) is 5.32 Å². The van der Waals surface area contributed by atoms with Crippen LogP contribution >= 0.6 is 11.3 Å². The number of amidine groups is 1. The predicted molar refractivity (Wildman–Crippen MR) is 143 cm³/mol. The molecule has 38 heavy (non-hydrogen) atoms. The molecule has 0 bridgehead atoms. The molecule has 0 aliphatic heterocycles. The van der Waals surface area contributed by atoms with Crippen molar-refractivity contribution in [1.29, 1.82) is 5.41 Å². The summed E-state index contributed by atoms with van der Waals surface area (Å²) in [6.07, 6.45) is -0.00505. The average Bonchev–Trinajstić information content (AvgIpc) is 3.35. The van der Waals surface area contributed by atoms with Crippen molar-refractivity contribution < 1.29 is 32.0 Å². The molecule has 4 rings (SSSR count). The highest BCUT2D eigenvalue weighted by molar-refractivity contribution is 7.84. The highest BCUT2D eigenvalue weighted by Gasteiger charge is 2.13. The second kappa shape index (κ2) is 12.8. The molecule has 0 aliphatic carbocycles. The molecule has 3 aromatic carbocycles. The summed E-state index contributed by atoms with van der Waals surface area (Å²) >= 11 is 1.24. The molecule has 10 nitrogen and oxygen atoms in total. The highest BCUT2D eigenvalue weighted by atomic mass is 32.2. The van der Waals surface area contributed by atoms with E-state index in [2.05, 4.69) is 5.32 Å². The second-order valence-electron chi connectivity index (χ2n) is 7.87. The van der Waals surface area contributed by atoms with Gasteiger partial charge in [0.2, 0.25) is 0 Å². The molecule has 0 saturated carbocycles. The Balaban J connectivity index is 0.000000732. The highest BCUT2D eigenvalue weighted by Crippen LogP contribution is 2.23. The number of nitrogen functional groups attached to an aromatic ring is 1. The Kier molecular flexibility index (Phi) is 9.55. The third-order valence-electron chi connectivity index (χ3n) is 4.87. The van der Waals surface area contributed by atoms with E-state index >= 15 is 0 Å². The SMILES string of the molecule is CS(=O)(=O)[O-].N=C(N)c1ccccc1COC(=O)NCc1ccc(C(=O)Oc2ccc3ccccc3c2)s1. The van der Waals surface area contributed by atoms with E-state index in [-0.39, 0.29) is 19.0 Å². The van der Waals surface area contributed by atoms with Gasteiger partial charge in [0.05, 0.1) is 16.7 Å². The zero-order chi connectivity index (χ0) is 27.7. The van der Waals surface area contributed by atoms with Crippen LogP contribution in [0.15, 0.2) is 78.9 Å². The Morgan fingerprint density at radius 2 is 1.66 bits per heavy atom. The maximum Gasteiger partial charge on any atom is 0.407 e. The van der Waals surface area contributed by atoms with Gasteiger partial charge in [-0.2, -0.15) is 0 Å². The molecule has 1 amide bonds. The van der Waals surface area contributed by atoms with E-state index in [1.165, 1.54) is 11.3 Å². The lowest BCUT2D eigenvalue weighted by Gasteiger charge is -2.09. The molecule has 0 radical (unpaired) electrons. The predicted octanol–water partition coefficient (Wildman–Crippen LogP) is 3.99. The van der Waals surface area contributed by atoms with E-state index in [0.29, 0.717) is 28.0 Å². The summed E-state index contributed by atoms with van der Waals surface area (Å²) < 4.78 is 37.9. The van der Waals surface area contributed by atoms with Gasteiger partial charge in [0.15, 0.2) is 0 Å². The summed E-state index contributed by atoms with van der Waals surface area (Å²) in [5.74, 6) is -0.0672. The Morgan fingerprint density at radius 3 is 2.37 bits per heavy atom. The summed E-state index contributed by atoms with van der Waals surface area (Å²) in [6, 6.07) is 23.7. The number of nitrogens with two attached hydrogens (primary N) is 1. The van der Waals surface area contributed by atoms with Gasteiger partial charge in [0, 0.05) is 22.3 Å². The van der Waals surface area contributed by atoms with Gasteiger partial charge in [-0.1, -0.05) is 54.6 Å². The normalized spacial score (nSPS) is 10.7. The van der Waals surface area contributed by atoms with Crippen LogP contribution in [0.2, 0.25) is 0 Å². The molecule has 0 spiro atoms. The molecule has 0 atom stereocenters. The fourth-order valence-electron chi connectivity index (χ4n) is 3.23. The van der Waals surface area contributed by atoms with Gasteiger partial charge in [-0.3, -0.25) is 5.41 Å². The number of ether oxygens (including phenoxy) is 2. The maximum atomic E-state index is 12.5.